The first kappa shape index (κ1) is 16.2. The summed E-state index contributed by atoms with van der Waals surface area (Å²) >= 11 is 3.13. The van der Waals surface area contributed by atoms with Gasteiger partial charge in [-0.25, -0.2) is 4.98 Å². The highest BCUT2D eigenvalue weighted by Crippen LogP contribution is 2.34. The Morgan fingerprint density at radius 3 is 2.67 bits per heavy atom. The number of carbonyl (C=O) groups excluding carboxylic acids is 1. The van der Waals surface area contributed by atoms with Gasteiger partial charge in [-0.2, -0.15) is 0 Å². The van der Waals surface area contributed by atoms with Crippen molar-refractivity contribution < 1.29 is 4.79 Å². The fourth-order valence-corrected chi connectivity index (χ4v) is 4.27. The lowest BCUT2D eigenvalue weighted by Crippen LogP contribution is -2.25. The van der Waals surface area contributed by atoms with E-state index in [4.69, 9.17) is 0 Å². The second kappa shape index (κ2) is 7.72. The van der Waals surface area contributed by atoms with E-state index in [0.29, 0.717) is 6.54 Å². The number of hydrogen-bond donors (Lipinski definition) is 2. The van der Waals surface area contributed by atoms with Crippen LogP contribution in [0.5, 0.6) is 0 Å². The van der Waals surface area contributed by atoms with Crippen LogP contribution in [-0.2, 0) is 0 Å². The summed E-state index contributed by atoms with van der Waals surface area (Å²) in [5.41, 5.74) is 0. The number of fused-ring (bicyclic) bond motifs is 1. The van der Waals surface area contributed by atoms with Crippen molar-refractivity contribution in [2.75, 3.05) is 38.1 Å². The van der Waals surface area contributed by atoms with Crippen LogP contribution >= 0.6 is 22.7 Å². The summed E-state index contributed by atoms with van der Waals surface area (Å²) in [5, 5.41) is 7.05. The maximum Gasteiger partial charge on any atom is 0.261 e. The molecule has 0 saturated carbocycles. The molecular weight excluding hydrogens is 304 g/mol. The van der Waals surface area contributed by atoms with E-state index in [2.05, 4.69) is 34.4 Å². The normalized spacial score (nSPS) is 11.0. The van der Waals surface area contributed by atoms with Gasteiger partial charge in [-0.05, 0) is 39.9 Å². The number of anilines is 1. The van der Waals surface area contributed by atoms with Gasteiger partial charge in [-0.3, -0.25) is 4.79 Å². The maximum atomic E-state index is 12.1. The van der Waals surface area contributed by atoms with Crippen molar-refractivity contribution in [3.05, 3.63) is 10.9 Å². The smallest absolute Gasteiger partial charge is 0.261 e. The summed E-state index contributed by atoms with van der Waals surface area (Å²) < 4.78 is 1.10. The minimum absolute atomic E-state index is 0.00527. The zero-order valence-electron chi connectivity index (χ0n) is 12.7. The SMILES string of the molecule is CCN(CC)c1nc2sc(C(=O)NCCCNC)cc2s1. The summed E-state index contributed by atoms with van der Waals surface area (Å²) in [6.07, 6.45) is 0.937. The molecule has 2 aromatic rings. The molecule has 2 heterocycles. The molecule has 0 atom stereocenters. The zero-order valence-corrected chi connectivity index (χ0v) is 14.4. The first-order valence-corrected chi connectivity index (χ1v) is 8.91. The van der Waals surface area contributed by atoms with Crippen LogP contribution in [-0.4, -0.2) is 44.1 Å². The van der Waals surface area contributed by atoms with Crippen LogP contribution in [0.1, 0.15) is 29.9 Å². The molecule has 1 amide bonds. The summed E-state index contributed by atoms with van der Waals surface area (Å²) in [6.45, 7) is 7.77. The average molecular weight is 326 g/mol. The van der Waals surface area contributed by atoms with Crippen LogP contribution < -0.4 is 15.5 Å². The standard InChI is InChI=1S/C14H22N4OS2/c1-4-18(5-2)14-17-13-11(21-14)9-10(20-13)12(19)16-8-6-7-15-3/h9,15H,4-8H2,1-3H3,(H,16,19). The molecule has 116 valence electrons. The van der Waals surface area contributed by atoms with Gasteiger partial charge in [-0.1, -0.05) is 11.3 Å². The molecule has 0 bridgehead atoms. The predicted octanol–water partition coefficient (Wildman–Crippen LogP) is 2.54. The Morgan fingerprint density at radius 1 is 1.29 bits per heavy atom. The van der Waals surface area contributed by atoms with E-state index in [-0.39, 0.29) is 5.91 Å². The Bertz CT molecular complexity index is 557. The van der Waals surface area contributed by atoms with Crippen LogP contribution in [0.3, 0.4) is 0 Å². The van der Waals surface area contributed by atoms with Crippen molar-refractivity contribution in [1.82, 2.24) is 15.6 Å². The molecule has 0 fully saturated rings. The van der Waals surface area contributed by atoms with Gasteiger partial charge in [0.05, 0.1) is 9.58 Å². The van der Waals surface area contributed by atoms with Gasteiger partial charge in [0.15, 0.2) is 5.13 Å². The first-order chi connectivity index (χ1) is 10.2. The van der Waals surface area contributed by atoms with Gasteiger partial charge in [-0.15, -0.1) is 11.3 Å². The van der Waals surface area contributed by atoms with Gasteiger partial charge < -0.3 is 15.5 Å². The largest absolute Gasteiger partial charge is 0.351 e. The number of amides is 1. The average Bonchev–Trinajstić information content (AvgIpc) is 3.03. The van der Waals surface area contributed by atoms with E-state index in [9.17, 15) is 4.79 Å². The van der Waals surface area contributed by atoms with E-state index in [0.717, 1.165) is 45.6 Å². The fourth-order valence-electron chi connectivity index (χ4n) is 2.02. The number of thiazole rings is 1. The van der Waals surface area contributed by atoms with Crippen molar-refractivity contribution in [2.45, 2.75) is 20.3 Å². The minimum atomic E-state index is 0.00527. The summed E-state index contributed by atoms with van der Waals surface area (Å²) in [7, 11) is 1.91. The zero-order chi connectivity index (χ0) is 15.2. The molecule has 21 heavy (non-hydrogen) atoms. The molecule has 0 radical (unpaired) electrons. The molecule has 2 aromatic heterocycles. The second-order valence-corrected chi connectivity index (χ2v) is 6.70. The van der Waals surface area contributed by atoms with E-state index in [1.165, 1.54) is 11.3 Å². The van der Waals surface area contributed by atoms with Crippen molar-refractivity contribution in [3.63, 3.8) is 0 Å². The number of nitrogens with zero attached hydrogens (tertiary/aromatic N) is 2. The van der Waals surface area contributed by atoms with Crippen molar-refractivity contribution in [1.29, 1.82) is 0 Å². The van der Waals surface area contributed by atoms with Crippen LogP contribution in [0.2, 0.25) is 0 Å². The fraction of sp³-hybridized carbons (Fsp3) is 0.571. The quantitative estimate of drug-likeness (QED) is 0.732. The highest BCUT2D eigenvalue weighted by atomic mass is 32.1. The van der Waals surface area contributed by atoms with Crippen molar-refractivity contribution in [3.8, 4) is 0 Å². The van der Waals surface area contributed by atoms with E-state index in [1.54, 1.807) is 11.3 Å². The Kier molecular flexibility index (Phi) is 5.96. The number of hydrogen-bond acceptors (Lipinski definition) is 6. The lowest BCUT2D eigenvalue weighted by molar-refractivity contribution is 0.0957. The summed E-state index contributed by atoms with van der Waals surface area (Å²) in [5.74, 6) is 0.00527. The number of aromatic nitrogens is 1. The van der Waals surface area contributed by atoms with Crippen molar-refractivity contribution in [2.24, 2.45) is 0 Å². The molecule has 5 nitrogen and oxygen atoms in total. The van der Waals surface area contributed by atoms with Gasteiger partial charge in [0, 0.05) is 19.6 Å². The third-order valence-corrected chi connectivity index (χ3v) is 5.44. The van der Waals surface area contributed by atoms with E-state index < -0.39 is 0 Å². The number of carbonyl (C=O) groups is 1. The van der Waals surface area contributed by atoms with Gasteiger partial charge in [0.1, 0.15) is 4.83 Å². The lowest BCUT2D eigenvalue weighted by Gasteiger charge is -2.16. The molecule has 2 rings (SSSR count). The molecule has 0 unspecified atom stereocenters. The molecule has 0 aliphatic heterocycles. The molecular formula is C14H22N4OS2. The highest BCUT2D eigenvalue weighted by molar-refractivity contribution is 7.29. The van der Waals surface area contributed by atoms with Crippen LogP contribution in [0.4, 0.5) is 5.13 Å². The molecule has 0 aliphatic carbocycles. The number of rotatable bonds is 8. The maximum absolute atomic E-state index is 12.1. The van der Waals surface area contributed by atoms with Gasteiger partial charge in [0.2, 0.25) is 0 Å². The van der Waals surface area contributed by atoms with Gasteiger partial charge in [0.25, 0.3) is 5.91 Å². The monoisotopic (exact) mass is 326 g/mol. The third kappa shape index (κ3) is 3.93. The molecule has 0 aromatic carbocycles. The Labute approximate surface area is 133 Å². The topological polar surface area (TPSA) is 57.3 Å². The molecule has 0 saturated heterocycles. The van der Waals surface area contributed by atoms with Gasteiger partial charge >= 0.3 is 0 Å². The highest BCUT2D eigenvalue weighted by Gasteiger charge is 2.15. The number of nitrogens with one attached hydrogen (secondary N) is 2. The summed E-state index contributed by atoms with van der Waals surface area (Å²) in [6, 6.07) is 1.96. The second-order valence-electron chi connectivity index (χ2n) is 4.66. The minimum Gasteiger partial charge on any atom is -0.351 e. The Morgan fingerprint density at radius 2 is 2.05 bits per heavy atom. The lowest BCUT2D eigenvalue weighted by atomic mass is 10.4. The van der Waals surface area contributed by atoms with Crippen LogP contribution in [0.25, 0.3) is 9.53 Å². The first-order valence-electron chi connectivity index (χ1n) is 7.27. The van der Waals surface area contributed by atoms with Crippen LogP contribution in [0, 0.1) is 0 Å². The van der Waals surface area contributed by atoms with Crippen molar-refractivity contribution >= 4 is 43.2 Å². The molecule has 0 spiro atoms. The molecule has 2 N–H and O–H groups in total. The Hall–Kier alpha value is -1.18. The van der Waals surface area contributed by atoms with E-state index >= 15 is 0 Å². The van der Waals surface area contributed by atoms with E-state index in [1.807, 2.05) is 13.1 Å². The number of thiophene rings is 1. The third-order valence-electron chi connectivity index (χ3n) is 3.22. The Balaban J connectivity index is 2.03. The molecule has 0 aliphatic rings. The predicted molar refractivity (Wildman–Crippen MR) is 91.9 cm³/mol. The van der Waals surface area contributed by atoms with Crippen LogP contribution in [0.15, 0.2) is 6.07 Å². The molecule has 7 heteroatoms. The summed E-state index contributed by atoms with van der Waals surface area (Å²) in [4.78, 5) is 20.6.